The van der Waals surface area contributed by atoms with Gasteiger partial charge in [-0.15, -0.1) is 0 Å². The van der Waals surface area contributed by atoms with Crippen LogP contribution in [0.5, 0.6) is 0 Å². The van der Waals surface area contributed by atoms with Gasteiger partial charge in [0.1, 0.15) is 12.0 Å². The molecule has 0 radical (unpaired) electrons. The molecule has 0 bridgehead atoms. The number of carbonyl (C=O) groups is 1. The first-order valence-corrected chi connectivity index (χ1v) is 6.68. The number of carbonyl (C=O) groups excluding carboxylic acids is 1. The first-order valence-electron chi connectivity index (χ1n) is 6.68. The summed E-state index contributed by atoms with van der Waals surface area (Å²) in [5.41, 5.74) is -0.337. The zero-order valence-corrected chi connectivity index (χ0v) is 11.4. The largest absolute Gasteiger partial charge is 0.417 e. The molecule has 2 aliphatic rings. The summed E-state index contributed by atoms with van der Waals surface area (Å²) in [6.45, 7) is 3.50. The van der Waals surface area contributed by atoms with E-state index in [-0.39, 0.29) is 18.6 Å². The van der Waals surface area contributed by atoms with E-state index in [9.17, 15) is 18.0 Å². The van der Waals surface area contributed by atoms with Crippen LogP contribution in [0.25, 0.3) is 0 Å². The Hall–Kier alpha value is -1.83. The van der Waals surface area contributed by atoms with Crippen molar-refractivity contribution in [2.75, 3.05) is 24.5 Å². The van der Waals surface area contributed by atoms with Crippen molar-refractivity contribution in [3.63, 3.8) is 0 Å². The van der Waals surface area contributed by atoms with Gasteiger partial charge in [-0.2, -0.15) is 13.2 Å². The Bertz CT molecular complexity index is 575. The lowest BCUT2D eigenvalue weighted by atomic mass is 10.1. The first kappa shape index (κ1) is 14.1. The molecule has 1 amide bonds. The van der Waals surface area contributed by atoms with Gasteiger partial charge in [0.15, 0.2) is 0 Å². The number of nitrogens with zero attached hydrogens (tertiary/aromatic N) is 3. The Morgan fingerprint density at radius 2 is 2.24 bits per heavy atom. The van der Waals surface area contributed by atoms with E-state index >= 15 is 0 Å². The van der Waals surface area contributed by atoms with Crippen molar-refractivity contribution in [1.29, 1.82) is 0 Å². The minimum absolute atomic E-state index is 0.156. The smallest absolute Gasteiger partial charge is 0.333 e. The van der Waals surface area contributed by atoms with Crippen LogP contribution in [0.3, 0.4) is 0 Å². The van der Waals surface area contributed by atoms with E-state index in [1.165, 1.54) is 6.92 Å². The van der Waals surface area contributed by atoms with Gasteiger partial charge in [0.25, 0.3) is 0 Å². The Balaban J connectivity index is 2.04. The molecule has 21 heavy (non-hydrogen) atoms. The van der Waals surface area contributed by atoms with Crippen molar-refractivity contribution in [3.05, 3.63) is 23.4 Å². The maximum atomic E-state index is 12.8. The Morgan fingerprint density at radius 3 is 2.90 bits per heavy atom. The highest BCUT2D eigenvalue weighted by atomic mass is 19.4. The maximum Gasteiger partial charge on any atom is 0.417 e. The van der Waals surface area contributed by atoms with E-state index in [0.717, 1.165) is 12.3 Å². The topological polar surface area (TPSA) is 48.5 Å². The second-order valence-corrected chi connectivity index (χ2v) is 5.23. The van der Waals surface area contributed by atoms with Crippen molar-refractivity contribution in [2.45, 2.75) is 25.8 Å². The van der Waals surface area contributed by atoms with Crippen LogP contribution in [0.15, 0.2) is 12.3 Å². The van der Waals surface area contributed by atoms with Gasteiger partial charge in [0.2, 0.25) is 5.91 Å². The number of halogens is 3. The van der Waals surface area contributed by atoms with E-state index in [1.807, 2.05) is 4.90 Å². The van der Waals surface area contributed by atoms with Crippen molar-refractivity contribution in [1.82, 2.24) is 15.2 Å². The lowest BCUT2D eigenvalue weighted by Crippen LogP contribution is -2.62. The number of pyridine rings is 1. The van der Waals surface area contributed by atoms with Gasteiger partial charge >= 0.3 is 6.18 Å². The molecule has 1 N–H and O–H groups in total. The van der Waals surface area contributed by atoms with E-state index in [4.69, 9.17) is 0 Å². The van der Waals surface area contributed by atoms with Crippen LogP contribution in [0, 0.1) is 0 Å². The van der Waals surface area contributed by atoms with Crippen LogP contribution in [-0.4, -0.2) is 41.6 Å². The molecular weight excluding hydrogens is 285 g/mol. The summed E-state index contributed by atoms with van der Waals surface area (Å²) < 4.78 is 38.4. The summed E-state index contributed by atoms with van der Waals surface area (Å²) in [6, 6.07) is 1.09. The molecule has 8 heteroatoms. The number of fused-ring (bicyclic) bond motifs is 3. The van der Waals surface area contributed by atoms with Gasteiger partial charge in [-0.05, 0) is 6.07 Å². The highest BCUT2D eigenvalue weighted by molar-refractivity contribution is 5.75. The van der Waals surface area contributed by atoms with Crippen LogP contribution in [-0.2, 0) is 17.5 Å². The molecule has 1 aromatic heterocycles. The Labute approximate surface area is 119 Å². The molecule has 1 atom stereocenters. The van der Waals surface area contributed by atoms with Gasteiger partial charge < -0.3 is 15.1 Å². The quantitative estimate of drug-likeness (QED) is 0.782. The monoisotopic (exact) mass is 300 g/mol. The maximum absolute atomic E-state index is 12.8. The molecule has 0 spiro atoms. The van der Waals surface area contributed by atoms with Gasteiger partial charge in [0.05, 0.1) is 12.1 Å². The zero-order valence-electron chi connectivity index (χ0n) is 11.4. The summed E-state index contributed by atoms with van der Waals surface area (Å²) in [5.74, 6) is 0.392. The number of alkyl halides is 3. The molecule has 1 unspecified atom stereocenters. The van der Waals surface area contributed by atoms with Gasteiger partial charge in [-0.25, -0.2) is 4.98 Å². The van der Waals surface area contributed by atoms with Crippen molar-refractivity contribution >= 4 is 11.7 Å². The number of hydrogen-bond acceptors (Lipinski definition) is 4. The van der Waals surface area contributed by atoms with Crippen LogP contribution >= 0.6 is 0 Å². The van der Waals surface area contributed by atoms with Crippen LogP contribution in [0.1, 0.15) is 18.1 Å². The van der Waals surface area contributed by atoms with Crippen molar-refractivity contribution in [3.8, 4) is 0 Å². The fourth-order valence-corrected chi connectivity index (χ4v) is 2.86. The third-order valence-electron chi connectivity index (χ3n) is 3.86. The minimum atomic E-state index is -4.43. The molecular formula is C13H15F3N4O. The van der Waals surface area contributed by atoms with Gasteiger partial charge in [0, 0.05) is 38.3 Å². The average Bonchev–Trinajstić information content (AvgIpc) is 2.44. The molecule has 114 valence electrons. The number of hydrogen-bond donors (Lipinski definition) is 1. The standard InChI is InChI=1S/C13H15F3N4O/c1-8(21)20-7-9-4-10(13(14,15)16)5-18-12(9)19-3-2-17-6-11(19)20/h4-5,11,17H,2-3,6-7H2,1H3. The van der Waals surface area contributed by atoms with E-state index in [0.29, 0.717) is 31.0 Å². The van der Waals surface area contributed by atoms with E-state index in [1.54, 1.807) is 4.90 Å². The molecule has 1 saturated heterocycles. The number of piperazine rings is 1. The predicted octanol–water partition coefficient (Wildman–Crippen LogP) is 1.20. The SMILES string of the molecule is CC(=O)N1Cc2cc(C(F)(F)F)cnc2N2CCNCC12. The second kappa shape index (κ2) is 4.87. The number of rotatable bonds is 0. The second-order valence-electron chi connectivity index (χ2n) is 5.23. The zero-order chi connectivity index (χ0) is 15.2. The highest BCUT2D eigenvalue weighted by Gasteiger charge is 2.38. The molecule has 0 saturated carbocycles. The molecule has 1 aromatic rings. The summed E-state index contributed by atoms with van der Waals surface area (Å²) >= 11 is 0. The number of aromatic nitrogens is 1. The van der Waals surface area contributed by atoms with Crippen molar-refractivity contribution in [2.24, 2.45) is 0 Å². The lowest BCUT2D eigenvalue weighted by Gasteiger charge is -2.47. The summed E-state index contributed by atoms with van der Waals surface area (Å²) in [4.78, 5) is 19.3. The van der Waals surface area contributed by atoms with Crippen LogP contribution in [0.2, 0.25) is 0 Å². The normalized spacial score (nSPS) is 21.8. The first-order chi connectivity index (χ1) is 9.88. The fraction of sp³-hybridized carbons (Fsp3) is 0.538. The molecule has 5 nitrogen and oxygen atoms in total. The number of amides is 1. The molecule has 0 aliphatic carbocycles. The Morgan fingerprint density at radius 1 is 1.48 bits per heavy atom. The minimum Gasteiger partial charge on any atom is -0.333 e. The summed E-state index contributed by atoms with van der Waals surface area (Å²) in [6.07, 6.45) is -3.75. The van der Waals surface area contributed by atoms with Gasteiger partial charge in [-0.3, -0.25) is 4.79 Å². The molecule has 2 aliphatic heterocycles. The average molecular weight is 300 g/mol. The molecule has 3 rings (SSSR count). The van der Waals surface area contributed by atoms with Gasteiger partial charge in [-0.1, -0.05) is 0 Å². The van der Waals surface area contributed by atoms with Crippen LogP contribution < -0.4 is 10.2 Å². The Kier molecular flexibility index (Phi) is 3.27. The predicted molar refractivity (Wildman–Crippen MR) is 69.5 cm³/mol. The highest BCUT2D eigenvalue weighted by Crippen LogP contribution is 2.35. The third-order valence-corrected chi connectivity index (χ3v) is 3.86. The number of anilines is 1. The van der Waals surface area contributed by atoms with Crippen molar-refractivity contribution < 1.29 is 18.0 Å². The molecule has 0 aromatic carbocycles. The van der Waals surface area contributed by atoms with Crippen LogP contribution in [0.4, 0.5) is 19.0 Å². The molecule has 1 fully saturated rings. The third kappa shape index (κ3) is 2.44. The van der Waals surface area contributed by atoms with E-state index in [2.05, 4.69) is 10.3 Å². The number of nitrogens with one attached hydrogen (secondary N) is 1. The summed E-state index contributed by atoms with van der Waals surface area (Å²) in [7, 11) is 0. The fourth-order valence-electron chi connectivity index (χ4n) is 2.86. The van der Waals surface area contributed by atoms with E-state index < -0.39 is 11.7 Å². The lowest BCUT2D eigenvalue weighted by molar-refractivity contribution is -0.137. The summed E-state index contributed by atoms with van der Waals surface area (Å²) in [5, 5.41) is 3.19. The molecule has 3 heterocycles.